The first kappa shape index (κ1) is 18.9. The molecule has 0 bridgehead atoms. The van der Waals surface area contributed by atoms with E-state index in [9.17, 15) is 4.79 Å². The summed E-state index contributed by atoms with van der Waals surface area (Å²) in [6.45, 7) is 8.90. The van der Waals surface area contributed by atoms with E-state index >= 15 is 0 Å². The van der Waals surface area contributed by atoms with Gasteiger partial charge in [0.25, 0.3) is 0 Å². The summed E-state index contributed by atoms with van der Waals surface area (Å²) in [6, 6.07) is 12.4. The number of nitrogens with zero attached hydrogens (tertiary/aromatic N) is 4. The van der Waals surface area contributed by atoms with Gasteiger partial charge in [-0.1, -0.05) is 30.3 Å². The van der Waals surface area contributed by atoms with Crippen molar-refractivity contribution in [1.82, 2.24) is 14.9 Å². The van der Waals surface area contributed by atoms with Crippen molar-refractivity contribution < 1.29 is 9.53 Å². The van der Waals surface area contributed by atoms with Gasteiger partial charge < -0.3 is 19.9 Å². The van der Waals surface area contributed by atoms with Gasteiger partial charge in [0.2, 0.25) is 5.95 Å². The van der Waals surface area contributed by atoms with E-state index in [-0.39, 0.29) is 12.1 Å². The van der Waals surface area contributed by atoms with E-state index in [2.05, 4.69) is 34.3 Å². The van der Waals surface area contributed by atoms with Crippen LogP contribution >= 0.6 is 0 Å². The molecule has 1 atom stereocenters. The van der Waals surface area contributed by atoms with Gasteiger partial charge in [-0.25, -0.2) is 9.78 Å². The molecule has 144 valence electrons. The highest BCUT2D eigenvalue weighted by Crippen LogP contribution is 2.21. The lowest BCUT2D eigenvalue weighted by Crippen LogP contribution is -2.49. The molecule has 2 heterocycles. The number of amides is 1. The van der Waals surface area contributed by atoms with Crippen molar-refractivity contribution in [1.29, 1.82) is 0 Å². The lowest BCUT2D eigenvalue weighted by Gasteiger charge is -2.34. The second kappa shape index (κ2) is 8.70. The molecule has 0 aliphatic carbocycles. The van der Waals surface area contributed by atoms with Gasteiger partial charge in [0.15, 0.2) is 0 Å². The third-order valence-corrected chi connectivity index (χ3v) is 4.59. The van der Waals surface area contributed by atoms with E-state index in [0.717, 1.165) is 11.5 Å². The SMILES string of the molecule is CCOC(=O)N1CCN(c2nc(C)cc(NC(C)c3ccccc3)n2)CC1. The van der Waals surface area contributed by atoms with Crippen LogP contribution in [0, 0.1) is 6.92 Å². The van der Waals surface area contributed by atoms with Crippen molar-refractivity contribution in [3.05, 3.63) is 47.7 Å². The molecular weight excluding hydrogens is 342 g/mol. The number of hydrogen-bond acceptors (Lipinski definition) is 6. The largest absolute Gasteiger partial charge is 0.450 e. The van der Waals surface area contributed by atoms with E-state index in [1.807, 2.05) is 38.1 Å². The minimum atomic E-state index is -0.249. The molecule has 1 fully saturated rings. The van der Waals surface area contributed by atoms with Crippen molar-refractivity contribution >= 4 is 17.9 Å². The van der Waals surface area contributed by atoms with Gasteiger partial charge in [0.05, 0.1) is 6.61 Å². The average Bonchev–Trinajstić information content (AvgIpc) is 2.68. The Morgan fingerprint density at radius 3 is 2.56 bits per heavy atom. The van der Waals surface area contributed by atoms with Crippen molar-refractivity contribution in [3.63, 3.8) is 0 Å². The molecule has 1 saturated heterocycles. The smallest absolute Gasteiger partial charge is 0.409 e. The normalized spacial score (nSPS) is 15.4. The van der Waals surface area contributed by atoms with Crippen LogP contribution in [0.2, 0.25) is 0 Å². The van der Waals surface area contributed by atoms with Gasteiger partial charge in [0, 0.05) is 44.0 Å². The summed E-state index contributed by atoms with van der Waals surface area (Å²) >= 11 is 0. The summed E-state index contributed by atoms with van der Waals surface area (Å²) in [7, 11) is 0. The molecule has 27 heavy (non-hydrogen) atoms. The second-order valence-corrected chi connectivity index (χ2v) is 6.64. The van der Waals surface area contributed by atoms with Gasteiger partial charge in [-0.3, -0.25) is 0 Å². The molecule has 0 radical (unpaired) electrons. The molecule has 3 rings (SSSR count). The van der Waals surface area contributed by atoms with Crippen LogP contribution < -0.4 is 10.2 Å². The maximum absolute atomic E-state index is 11.8. The first-order valence-corrected chi connectivity index (χ1v) is 9.40. The van der Waals surface area contributed by atoms with E-state index in [1.54, 1.807) is 4.90 Å². The van der Waals surface area contributed by atoms with Crippen LogP contribution in [0.1, 0.15) is 31.1 Å². The van der Waals surface area contributed by atoms with Gasteiger partial charge in [-0.2, -0.15) is 4.98 Å². The summed E-state index contributed by atoms with van der Waals surface area (Å²) in [5, 5.41) is 3.46. The fraction of sp³-hybridized carbons (Fsp3) is 0.450. The Bertz CT molecular complexity index is 760. The number of anilines is 2. The van der Waals surface area contributed by atoms with Crippen LogP contribution in [-0.2, 0) is 4.74 Å². The molecule has 1 unspecified atom stereocenters. The van der Waals surface area contributed by atoms with Gasteiger partial charge >= 0.3 is 6.09 Å². The van der Waals surface area contributed by atoms with E-state index < -0.39 is 0 Å². The van der Waals surface area contributed by atoms with Crippen LogP contribution in [0.4, 0.5) is 16.6 Å². The molecule has 0 saturated carbocycles. The van der Waals surface area contributed by atoms with Crippen molar-refractivity contribution in [2.24, 2.45) is 0 Å². The molecule has 1 aromatic heterocycles. The molecule has 1 aliphatic rings. The summed E-state index contributed by atoms with van der Waals surface area (Å²) in [5.41, 5.74) is 2.12. The van der Waals surface area contributed by atoms with Crippen molar-refractivity contribution in [2.75, 3.05) is 43.0 Å². The monoisotopic (exact) mass is 369 g/mol. The zero-order chi connectivity index (χ0) is 19.2. The predicted molar refractivity (Wildman–Crippen MR) is 106 cm³/mol. The molecule has 1 aromatic carbocycles. The lowest BCUT2D eigenvalue weighted by atomic mass is 10.1. The Morgan fingerprint density at radius 1 is 1.19 bits per heavy atom. The van der Waals surface area contributed by atoms with Crippen LogP contribution in [0.15, 0.2) is 36.4 Å². The zero-order valence-electron chi connectivity index (χ0n) is 16.2. The summed E-state index contributed by atoms with van der Waals surface area (Å²) in [5.74, 6) is 1.50. The van der Waals surface area contributed by atoms with Crippen molar-refractivity contribution in [3.8, 4) is 0 Å². The molecular formula is C20H27N5O2. The fourth-order valence-electron chi connectivity index (χ4n) is 3.12. The first-order chi connectivity index (χ1) is 13.1. The number of ether oxygens (including phenoxy) is 1. The van der Waals surface area contributed by atoms with Crippen molar-refractivity contribution in [2.45, 2.75) is 26.8 Å². The van der Waals surface area contributed by atoms with Gasteiger partial charge in [0.1, 0.15) is 5.82 Å². The molecule has 1 aliphatic heterocycles. The molecule has 0 spiro atoms. The standard InChI is InChI=1S/C20H27N5O2/c1-4-27-20(26)25-12-10-24(11-13-25)19-21-15(2)14-18(23-19)22-16(3)17-8-6-5-7-9-17/h5-9,14,16H,4,10-13H2,1-3H3,(H,21,22,23). The molecule has 2 aromatic rings. The van der Waals surface area contributed by atoms with E-state index in [4.69, 9.17) is 9.72 Å². The highest BCUT2D eigenvalue weighted by Gasteiger charge is 2.23. The molecule has 7 nitrogen and oxygen atoms in total. The number of piperazine rings is 1. The lowest BCUT2D eigenvalue weighted by molar-refractivity contribution is 0.105. The Labute approximate surface area is 160 Å². The minimum absolute atomic E-state index is 0.147. The molecule has 1 amide bonds. The Hall–Kier alpha value is -2.83. The second-order valence-electron chi connectivity index (χ2n) is 6.64. The fourth-order valence-corrected chi connectivity index (χ4v) is 3.12. The number of aromatic nitrogens is 2. The number of rotatable bonds is 5. The van der Waals surface area contributed by atoms with Gasteiger partial charge in [-0.05, 0) is 26.3 Å². The Kier molecular flexibility index (Phi) is 6.11. The molecule has 1 N–H and O–H groups in total. The number of hydrogen-bond donors (Lipinski definition) is 1. The summed E-state index contributed by atoms with van der Waals surface area (Å²) < 4.78 is 5.07. The predicted octanol–water partition coefficient (Wildman–Crippen LogP) is 3.24. The van der Waals surface area contributed by atoms with E-state index in [0.29, 0.717) is 38.7 Å². The van der Waals surface area contributed by atoms with Crippen LogP contribution in [0.5, 0.6) is 0 Å². The Morgan fingerprint density at radius 2 is 1.89 bits per heavy atom. The van der Waals surface area contributed by atoms with Gasteiger partial charge in [-0.15, -0.1) is 0 Å². The van der Waals surface area contributed by atoms with Crippen LogP contribution in [0.3, 0.4) is 0 Å². The average molecular weight is 369 g/mol. The quantitative estimate of drug-likeness (QED) is 0.872. The number of aryl methyl sites for hydroxylation is 1. The highest BCUT2D eigenvalue weighted by atomic mass is 16.6. The summed E-state index contributed by atoms with van der Waals surface area (Å²) in [4.78, 5) is 25.0. The van der Waals surface area contributed by atoms with Crippen LogP contribution in [0.25, 0.3) is 0 Å². The summed E-state index contributed by atoms with van der Waals surface area (Å²) in [6.07, 6.45) is -0.249. The minimum Gasteiger partial charge on any atom is -0.450 e. The number of carbonyl (C=O) groups excluding carboxylic acids is 1. The maximum atomic E-state index is 11.8. The maximum Gasteiger partial charge on any atom is 0.409 e. The number of carbonyl (C=O) groups is 1. The third kappa shape index (κ3) is 4.87. The van der Waals surface area contributed by atoms with E-state index in [1.165, 1.54) is 5.56 Å². The molecule has 7 heteroatoms. The number of nitrogens with one attached hydrogen (secondary N) is 1. The Balaban J connectivity index is 1.66. The topological polar surface area (TPSA) is 70.6 Å². The highest BCUT2D eigenvalue weighted by molar-refractivity contribution is 5.68. The van der Waals surface area contributed by atoms with Crippen LogP contribution in [-0.4, -0.2) is 53.7 Å². The number of benzene rings is 1. The third-order valence-electron chi connectivity index (χ3n) is 4.59. The zero-order valence-corrected chi connectivity index (χ0v) is 16.2. The first-order valence-electron chi connectivity index (χ1n) is 9.40.